The summed E-state index contributed by atoms with van der Waals surface area (Å²) in [6.07, 6.45) is 1.47. The highest BCUT2D eigenvalue weighted by atomic mass is 16.3. The molecule has 0 saturated carbocycles. The maximum Gasteiger partial charge on any atom is 0.287 e. The Morgan fingerprint density at radius 3 is 2.89 bits per heavy atom. The zero-order valence-electron chi connectivity index (χ0n) is 14.7. The molecule has 0 fully saturated rings. The lowest BCUT2D eigenvalue weighted by molar-refractivity contribution is 0.0927. The third-order valence-electron chi connectivity index (χ3n) is 4.35. The van der Waals surface area contributed by atoms with E-state index in [1.807, 2.05) is 41.7 Å². The maximum atomic E-state index is 11.9. The maximum absolute atomic E-state index is 11.9. The average Bonchev–Trinajstić information content (AvgIpc) is 3.33. The molecule has 134 valence electrons. The quantitative estimate of drug-likeness (QED) is 0.534. The van der Waals surface area contributed by atoms with Crippen LogP contribution < -0.4 is 10.6 Å². The lowest BCUT2D eigenvalue weighted by Gasteiger charge is -2.12. The minimum Gasteiger partial charge on any atom is -0.459 e. The van der Waals surface area contributed by atoms with Gasteiger partial charge in [0.1, 0.15) is 11.9 Å². The normalized spacial score (nSPS) is 10.8. The predicted molar refractivity (Wildman–Crippen MR) is 102 cm³/mol. The number of carbonyl (C=O) groups excluding carboxylic acids is 1. The zero-order chi connectivity index (χ0) is 18.8. The highest BCUT2D eigenvalue weighted by Gasteiger charge is 2.15. The number of hydrogen-bond acceptors (Lipinski definition) is 5. The van der Waals surface area contributed by atoms with Gasteiger partial charge in [-0.15, -0.1) is 0 Å². The number of carbonyl (C=O) groups is 1. The molecule has 7 heteroatoms. The second-order valence-electron chi connectivity index (χ2n) is 6.12. The van der Waals surface area contributed by atoms with Crippen LogP contribution >= 0.6 is 0 Å². The van der Waals surface area contributed by atoms with E-state index < -0.39 is 0 Å². The first-order valence-corrected chi connectivity index (χ1v) is 8.55. The van der Waals surface area contributed by atoms with E-state index in [-0.39, 0.29) is 11.7 Å². The molecule has 0 radical (unpaired) electrons. The number of rotatable bonds is 5. The van der Waals surface area contributed by atoms with Gasteiger partial charge in [-0.25, -0.2) is 4.98 Å². The number of nitrogens with zero attached hydrogens (tertiary/aromatic N) is 3. The van der Waals surface area contributed by atoms with E-state index >= 15 is 0 Å². The van der Waals surface area contributed by atoms with E-state index in [0.29, 0.717) is 24.3 Å². The second-order valence-corrected chi connectivity index (χ2v) is 6.12. The van der Waals surface area contributed by atoms with E-state index in [9.17, 15) is 10.1 Å². The summed E-state index contributed by atoms with van der Waals surface area (Å²) in [7, 11) is 0. The number of nitrogens with one attached hydrogen (secondary N) is 2. The predicted octanol–water partition coefficient (Wildman–Crippen LogP) is 3.10. The van der Waals surface area contributed by atoms with Crippen LogP contribution in [0.4, 0.5) is 5.82 Å². The van der Waals surface area contributed by atoms with Crippen LogP contribution in [0.25, 0.3) is 16.7 Å². The van der Waals surface area contributed by atoms with Crippen molar-refractivity contribution in [2.24, 2.45) is 0 Å². The molecule has 1 aromatic carbocycles. The SMILES string of the molecule is Cc1cc(NCCNC(=O)c2ccco2)n2c(nc3ccccc32)c1C#N. The number of aromatic nitrogens is 2. The van der Waals surface area contributed by atoms with Crippen molar-refractivity contribution in [2.45, 2.75) is 6.92 Å². The number of fused-ring (bicyclic) bond motifs is 3. The molecule has 4 aromatic rings. The number of pyridine rings is 1. The van der Waals surface area contributed by atoms with Crippen molar-refractivity contribution in [2.75, 3.05) is 18.4 Å². The second kappa shape index (κ2) is 6.84. The average molecular weight is 359 g/mol. The van der Waals surface area contributed by atoms with Crippen LogP contribution in [-0.2, 0) is 0 Å². The van der Waals surface area contributed by atoms with Crippen LogP contribution in [0.5, 0.6) is 0 Å². The Morgan fingerprint density at radius 2 is 2.11 bits per heavy atom. The first kappa shape index (κ1) is 16.7. The summed E-state index contributed by atoms with van der Waals surface area (Å²) in [6.45, 7) is 2.83. The van der Waals surface area contributed by atoms with Gasteiger partial charge in [0.05, 0.1) is 22.9 Å². The van der Waals surface area contributed by atoms with Gasteiger partial charge in [0.25, 0.3) is 5.91 Å². The summed E-state index contributed by atoms with van der Waals surface area (Å²) < 4.78 is 7.01. The van der Waals surface area contributed by atoms with E-state index in [1.54, 1.807) is 12.1 Å². The molecule has 7 nitrogen and oxygen atoms in total. The van der Waals surface area contributed by atoms with Crippen molar-refractivity contribution in [3.05, 3.63) is 65.6 Å². The lowest BCUT2D eigenvalue weighted by atomic mass is 10.1. The minimum atomic E-state index is -0.254. The molecule has 0 atom stereocenters. The van der Waals surface area contributed by atoms with Crippen LogP contribution in [0, 0.1) is 18.3 Å². The summed E-state index contributed by atoms with van der Waals surface area (Å²) in [6, 6.07) is 15.2. The van der Waals surface area contributed by atoms with Crippen molar-refractivity contribution in [1.82, 2.24) is 14.7 Å². The van der Waals surface area contributed by atoms with Gasteiger partial charge in [-0.2, -0.15) is 5.26 Å². The molecular weight excluding hydrogens is 342 g/mol. The number of hydrogen-bond donors (Lipinski definition) is 2. The lowest BCUT2D eigenvalue weighted by Crippen LogP contribution is -2.28. The van der Waals surface area contributed by atoms with Crippen molar-refractivity contribution < 1.29 is 9.21 Å². The molecular formula is C20H17N5O2. The van der Waals surface area contributed by atoms with Gasteiger partial charge in [-0.1, -0.05) is 12.1 Å². The number of aryl methyl sites for hydroxylation is 1. The van der Waals surface area contributed by atoms with Gasteiger partial charge in [0, 0.05) is 13.1 Å². The molecule has 3 heterocycles. The van der Waals surface area contributed by atoms with Crippen LogP contribution in [-0.4, -0.2) is 28.4 Å². The van der Waals surface area contributed by atoms with E-state index in [1.165, 1.54) is 6.26 Å². The third-order valence-corrected chi connectivity index (χ3v) is 4.35. The van der Waals surface area contributed by atoms with Gasteiger partial charge >= 0.3 is 0 Å². The van der Waals surface area contributed by atoms with Gasteiger partial charge < -0.3 is 15.1 Å². The summed E-state index contributed by atoms with van der Waals surface area (Å²) in [5.74, 6) is 0.852. The van der Waals surface area contributed by atoms with Crippen LogP contribution in [0.1, 0.15) is 21.7 Å². The first-order chi connectivity index (χ1) is 13.2. The molecule has 0 aliphatic heterocycles. The Balaban J connectivity index is 1.60. The van der Waals surface area contributed by atoms with Gasteiger partial charge in [0.2, 0.25) is 0 Å². The number of amides is 1. The Bertz CT molecular complexity index is 1170. The summed E-state index contributed by atoms with van der Waals surface area (Å²) >= 11 is 0. The summed E-state index contributed by atoms with van der Waals surface area (Å²) in [5, 5.41) is 15.6. The van der Waals surface area contributed by atoms with Crippen molar-refractivity contribution in [1.29, 1.82) is 5.26 Å². The number of nitriles is 1. The summed E-state index contributed by atoms with van der Waals surface area (Å²) in [5.41, 5.74) is 3.78. The Labute approximate surface area is 155 Å². The van der Waals surface area contributed by atoms with Crippen LogP contribution in [0.2, 0.25) is 0 Å². The molecule has 3 aromatic heterocycles. The standard InChI is InChI=1S/C20H17N5O2/c1-13-11-18(22-8-9-23-20(26)17-7-4-10-27-17)25-16-6-3-2-5-15(16)24-19(25)14(13)12-21/h2-7,10-11,22H,8-9H2,1H3,(H,23,26). The smallest absolute Gasteiger partial charge is 0.287 e. The highest BCUT2D eigenvalue weighted by Crippen LogP contribution is 2.26. The molecule has 0 aliphatic carbocycles. The van der Waals surface area contributed by atoms with Crippen molar-refractivity contribution >= 4 is 28.4 Å². The molecule has 0 saturated heterocycles. The van der Waals surface area contributed by atoms with Gasteiger partial charge in [-0.3, -0.25) is 9.20 Å². The molecule has 0 spiro atoms. The number of benzene rings is 1. The molecule has 1 amide bonds. The number of imidazole rings is 1. The molecule has 0 bridgehead atoms. The van der Waals surface area contributed by atoms with Crippen LogP contribution in [0.15, 0.2) is 53.1 Å². The largest absolute Gasteiger partial charge is 0.459 e. The monoisotopic (exact) mass is 359 g/mol. The molecule has 0 unspecified atom stereocenters. The fourth-order valence-electron chi connectivity index (χ4n) is 3.09. The zero-order valence-corrected chi connectivity index (χ0v) is 14.7. The van der Waals surface area contributed by atoms with Gasteiger partial charge in [-0.05, 0) is 42.8 Å². The Hall–Kier alpha value is -3.79. The van der Waals surface area contributed by atoms with E-state index in [4.69, 9.17) is 4.42 Å². The van der Waals surface area contributed by atoms with E-state index in [0.717, 1.165) is 22.4 Å². The molecule has 2 N–H and O–H groups in total. The van der Waals surface area contributed by atoms with E-state index in [2.05, 4.69) is 21.7 Å². The Morgan fingerprint density at radius 1 is 1.26 bits per heavy atom. The summed E-state index contributed by atoms with van der Waals surface area (Å²) in [4.78, 5) is 16.5. The highest BCUT2D eigenvalue weighted by molar-refractivity contribution is 5.91. The first-order valence-electron chi connectivity index (χ1n) is 8.55. The van der Waals surface area contributed by atoms with Crippen molar-refractivity contribution in [3.8, 4) is 6.07 Å². The fraction of sp³-hybridized carbons (Fsp3) is 0.150. The molecule has 27 heavy (non-hydrogen) atoms. The fourth-order valence-corrected chi connectivity index (χ4v) is 3.09. The Kier molecular flexibility index (Phi) is 4.22. The third kappa shape index (κ3) is 2.98. The molecule has 4 rings (SSSR count). The van der Waals surface area contributed by atoms with Gasteiger partial charge in [0.15, 0.2) is 11.4 Å². The minimum absolute atomic E-state index is 0.254. The number of para-hydroxylation sites is 2. The van der Waals surface area contributed by atoms with Crippen molar-refractivity contribution in [3.63, 3.8) is 0 Å². The number of furan rings is 1. The topological polar surface area (TPSA) is 95.4 Å². The van der Waals surface area contributed by atoms with Crippen LogP contribution in [0.3, 0.4) is 0 Å². The molecule has 0 aliphatic rings. The number of anilines is 1.